The molecule has 1 saturated heterocycles. The van der Waals surface area contributed by atoms with Crippen LogP contribution in [-0.2, 0) is 16.4 Å². The van der Waals surface area contributed by atoms with Gasteiger partial charge in [-0.2, -0.15) is 4.31 Å². The van der Waals surface area contributed by atoms with E-state index in [-0.39, 0.29) is 5.91 Å². The van der Waals surface area contributed by atoms with Crippen molar-refractivity contribution < 1.29 is 13.2 Å². The van der Waals surface area contributed by atoms with E-state index in [1.807, 2.05) is 29.5 Å². The molecule has 1 amide bonds. The predicted molar refractivity (Wildman–Crippen MR) is 114 cm³/mol. The highest BCUT2D eigenvalue weighted by molar-refractivity contribution is 7.89. The second-order valence-electron chi connectivity index (χ2n) is 7.98. The number of anilines is 1. The van der Waals surface area contributed by atoms with Crippen LogP contribution in [0.2, 0.25) is 0 Å². The molecule has 4 heterocycles. The van der Waals surface area contributed by atoms with Gasteiger partial charge in [-0.15, -0.1) is 0 Å². The number of hydrogen-bond donors (Lipinski definition) is 0. The summed E-state index contributed by atoms with van der Waals surface area (Å²) in [5.74, 6) is -0.163. The summed E-state index contributed by atoms with van der Waals surface area (Å²) in [4.78, 5) is 19.6. The number of amides is 1. The van der Waals surface area contributed by atoms with Gasteiger partial charge in [-0.1, -0.05) is 12.5 Å². The number of fused-ring (bicyclic) bond motifs is 2. The number of nitrogens with zero attached hydrogens (tertiary/aromatic N) is 4. The third-order valence-electron chi connectivity index (χ3n) is 6.06. The molecule has 0 radical (unpaired) electrons. The summed E-state index contributed by atoms with van der Waals surface area (Å²) in [6.07, 6.45) is 5.29. The van der Waals surface area contributed by atoms with E-state index in [0.717, 1.165) is 41.9 Å². The highest BCUT2D eigenvalue weighted by Crippen LogP contribution is 2.32. The average Bonchev–Trinajstić information content (AvgIpc) is 3.38. The van der Waals surface area contributed by atoms with Crippen LogP contribution in [0.3, 0.4) is 0 Å². The first-order valence-corrected chi connectivity index (χ1v) is 11.8. The molecule has 8 heteroatoms. The third-order valence-corrected chi connectivity index (χ3v) is 7.95. The van der Waals surface area contributed by atoms with Gasteiger partial charge in [-0.25, -0.2) is 13.4 Å². The number of imidazole rings is 1. The Morgan fingerprint density at radius 1 is 1.03 bits per heavy atom. The lowest BCUT2D eigenvalue weighted by Crippen LogP contribution is -2.35. The Balaban J connectivity index is 1.44. The van der Waals surface area contributed by atoms with Gasteiger partial charge in [0.05, 0.1) is 4.90 Å². The lowest BCUT2D eigenvalue weighted by Gasteiger charge is -2.26. The van der Waals surface area contributed by atoms with Crippen molar-refractivity contribution in [3.8, 4) is 0 Å². The molecule has 7 nitrogen and oxygen atoms in total. The van der Waals surface area contributed by atoms with E-state index >= 15 is 0 Å². The van der Waals surface area contributed by atoms with E-state index in [1.165, 1.54) is 0 Å². The number of hydrogen-bond acceptors (Lipinski definition) is 4. The number of benzene rings is 1. The van der Waals surface area contributed by atoms with Crippen LogP contribution in [0.1, 0.15) is 41.0 Å². The minimum absolute atomic E-state index is 0.163. The fourth-order valence-electron chi connectivity index (χ4n) is 4.39. The number of rotatable bonds is 3. The van der Waals surface area contributed by atoms with Crippen molar-refractivity contribution in [1.82, 2.24) is 13.7 Å². The Kier molecular flexibility index (Phi) is 4.63. The van der Waals surface area contributed by atoms with Gasteiger partial charge in [0.25, 0.3) is 5.91 Å². The van der Waals surface area contributed by atoms with E-state index in [0.29, 0.717) is 36.6 Å². The van der Waals surface area contributed by atoms with Crippen molar-refractivity contribution in [3.63, 3.8) is 0 Å². The van der Waals surface area contributed by atoms with Crippen LogP contribution in [-0.4, -0.2) is 47.6 Å². The van der Waals surface area contributed by atoms with Gasteiger partial charge >= 0.3 is 0 Å². The van der Waals surface area contributed by atoms with Crippen LogP contribution in [0.15, 0.2) is 47.5 Å². The molecule has 0 saturated carbocycles. The lowest BCUT2D eigenvalue weighted by molar-refractivity contribution is 0.0985. The van der Waals surface area contributed by atoms with Crippen LogP contribution >= 0.6 is 0 Å². The second kappa shape index (κ2) is 7.21. The zero-order chi connectivity index (χ0) is 20.9. The number of carbonyl (C=O) groups excluding carboxylic acids is 1. The highest BCUT2D eigenvalue weighted by Gasteiger charge is 2.31. The van der Waals surface area contributed by atoms with Crippen LogP contribution < -0.4 is 4.90 Å². The fourth-order valence-corrected chi connectivity index (χ4v) is 5.96. The quantitative estimate of drug-likeness (QED) is 0.648. The van der Waals surface area contributed by atoms with E-state index in [9.17, 15) is 13.2 Å². The molecular weight excluding hydrogens is 400 g/mol. The molecule has 0 atom stereocenters. The largest absolute Gasteiger partial charge is 0.306 e. The molecule has 1 aromatic carbocycles. The molecule has 0 N–H and O–H groups in total. The van der Waals surface area contributed by atoms with Crippen molar-refractivity contribution >= 4 is 27.3 Å². The minimum atomic E-state index is -3.48. The molecule has 1 fully saturated rings. The minimum Gasteiger partial charge on any atom is -0.306 e. The molecule has 30 heavy (non-hydrogen) atoms. The number of aromatic nitrogens is 2. The summed E-state index contributed by atoms with van der Waals surface area (Å²) in [7, 11) is -3.48. The lowest BCUT2D eigenvalue weighted by atomic mass is 10.2. The topological polar surface area (TPSA) is 75.0 Å². The maximum absolute atomic E-state index is 13.1. The van der Waals surface area contributed by atoms with Crippen LogP contribution in [0.5, 0.6) is 0 Å². The van der Waals surface area contributed by atoms with Crippen LogP contribution in [0, 0.1) is 6.92 Å². The molecule has 2 aromatic heterocycles. The monoisotopic (exact) mass is 424 g/mol. The average molecular weight is 425 g/mol. The second-order valence-corrected chi connectivity index (χ2v) is 9.92. The Bertz CT molecular complexity index is 1240. The van der Waals surface area contributed by atoms with Crippen molar-refractivity contribution in [1.29, 1.82) is 0 Å². The Morgan fingerprint density at radius 2 is 1.83 bits per heavy atom. The molecule has 0 unspecified atom stereocenters. The van der Waals surface area contributed by atoms with Gasteiger partial charge in [0.15, 0.2) is 0 Å². The van der Waals surface area contributed by atoms with Gasteiger partial charge in [0.2, 0.25) is 10.0 Å². The summed E-state index contributed by atoms with van der Waals surface area (Å²) in [6.45, 7) is 3.65. The van der Waals surface area contributed by atoms with Gasteiger partial charge in [-0.05, 0) is 62.1 Å². The third kappa shape index (κ3) is 3.11. The zero-order valence-electron chi connectivity index (χ0n) is 16.9. The Hall–Kier alpha value is -2.71. The Labute approximate surface area is 176 Å². The number of piperidine rings is 1. The number of sulfonamides is 1. The molecule has 0 aliphatic carbocycles. The summed E-state index contributed by atoms with van der Waals surface area (Å²) >= 11 is 0. The molecule has 0 bridgehead atoms. The smallest absolute Gasteiger partial charge is 0.278 e. The maximum Gasteiger partial charge on any atom is 0.278 e. The first-order valence-electron chi connectivity index (χ1n) is 10.3. The summed E-state index contributed by atoms with van der Waals surface area (Å²) in [5, 5.41) is 0. The predicted octanol–water partition coefficient (Wildman–Crippen LogP) is 3.02. The number of pyridine rings is 1. The standard InChI is InChI=1S/C22H24N4O3S/c1-16-6-5-7-21-23-19(15-26(16)21)22(27)25-13-10-17-14-18(8-9-20(17)25)30(28,29)24-11-3-2-4-12-24/h5-9,14-15H,2-4,10-13H2,1H3. The summed E-state index contributed by atoms with van der Waals surface area (Å²) < 4.78 is 29.5. The van der Waals surface area contributed by atoms with Crippen molar-refractivity contribution in [2.24, 2.45) is 0 Å². The van der Waals surface area contributed by atoms with Crippen LogP contribution in [0.25, 0.3) is 5.65 Å². The van der Waals surface area contributed by atoms with Crippen LogP contribution in [0.4, 0.5) is 5.69 Å². The first kappa shape index (κ1) is 19.3. The Morgan fingerprint density at radius 3 is 2.60 bits per heavy atom. The first-order chi connectivity index (χ1) is 14.4. The van der Waals surface area contributed by atoms with E-state index in [2.05, 4.69) is 4.98 Å². The van der Waals surface area contributed by atoms with Gasteiger partial charge in [-0.3, -0.25) is 4.79 Å². The van der Waals surface area contributed by atoms with E-state index < -0.39 is 10.0 Å². The molecule has 0 spiro atoms. The SMILES string of the molecule is Cc1cccc2nc(C(=O)N3CCc4cc(S(=O)(=O)N5CCCCC5)ccc43)cn12. The number of aryl methyl sites for hydroxylation is 1. The normalized spacial score (nSPS) is 17.4. The fraction of sp³-hybridized carbons (Fsp3) is 0.364. The molecule has 5 rings (SSSR count). The van der Waals surface area contributed by atoms with Crippen molar-refractivity contribution in [3.05, 3.63) is 59.5 Å². The molecule has 2 aliphatic rings. The van der Waals surface area contributed by atoms with Crippen molar-refractivity contribution in [2.45, 2.75) is 37.5 Å². The van der Waals surface area contributed by atoms with E-state index in [4.69, 9.17) is 0 Å². The summed E-state index contributed by atoms with van der Waals surface area (Å²) in [5.41, 5.74) is 3.80. The molecular formula is C22H24N4O3S. The maximum atomic E-state index is 13.1. The van der Waals surface area contributed by atoms with Gasteiger partial charge in [0, 0.05) is 37.2 Å². The van der Waals surface area contributed by atoms with E-state index in [1.54, 1.807) is 33.6 Å². The van der Waals surface area contributed by atoms with Gasteiger partial charge in [0.1, 0.15) is 11.3 Å². The number of carbonyl (C=O) groups is 1. The molecule has 3 aromatic rings. The molecule has 156 valence electrons. The summed E-state index contributed by atoms with van der Waals surface area (Å²) in [6, 6.07) is 10.9. The highest BCUT2D eigenvalue weighted by atomic mass is 32.2. The zero-order valence-corrected chi connectivity index (χ0v) is 17.7. The van der Waals surface area contributed by atoms with Gasteiger partial charge < -0.3 is 9.30 Å². The van der Waals surface area contributed by atoms with Crippen molar-refractivity contribution in [2.75, 3.05) is 24.5 Å². The molecule has 2 aliphatic heterocycles.